The third-order valence-electron chi connectivity index (χ3n) is 4.59. The Hall–Kier alpha value is -3.67. The Morgan fingerprint density at radius 1 is 0.963 bits per heavy atom. The first kappa shape index (κ1) is 16.8. The fourth-order valence-electron chi connectivity index (χ4n) is 3.18. The van der Waals surface area contributed by atoms with Crippen LogP contribution in [0, 0.1) is 0 Å². The molecule has 0 aliphatic carbocycles. The highest BCUT2D eigenvalue weighted by Gasteiger charge is 2.28. The van der Waals surface area contributed by atoms with Crippen molar-refractivity contribution in [3.05, 3.63) is 71.6 Å². The predicted octanol–water partition coefficient (Wildman–Crippen LogP) is 2.92. The summed E-state index contributed by atoms with van der Waals surface area (Å²) < 4.78 is 1.96. The largest absolute Gasteiger partial charge is 0.328 e. The molecule has 27 heavy (non-hydrogen) atoms. The van der Waals surface area contributed by atoms with E-state index in [9.17, 15) is 14.4 Å². The van der Waals surface area contributed by atoms with Crippen LogP contribution in [-0.2, 0) is 16.0 Å². The molecule has 0 saturated carbocycles. The number of hydrogen-bond donors (Lipinski definition) is 2. The van der Waals surface area contributed by atoms with Gasteiger partial charge in [0.1, 0.15) is 5.57 Å². The van der Waals surface area contributed by atoms with Crippen molar-refractivity contribution in [3.8, 4) is 11.1 Å². The Labute approximate surface area is 155 Å². The lowest BCUT2D eigenvalue weighted by Gasteiger charge is -2.14. The Balaban J connectivity index is 1.97. The van der Waals surface area contributed by atoms with Crippen LogP contribution in [0.15, 0.2) is 60.3 Å². The minimum Gasteiger partial charge on any atom is -0.316 e. The number of aromatic nitrogens is 1. The summed E-state index contributed by atoms with van der Waals surface area (Å²) in [5.74, 6) is -1.41. The van der Waals surface area contributed by atoms with Crippen molar-refractivity contribution in [2.45, 2.75) is 13.3 Å². The number of aryl methyl sites for hydroxylation is 1. The summed E-state index contributed by atoms with van der Waals surface area (Å²) in [7, 11) is 0. The number of carbonyl (C=O) groups excluding carboxylic acids is 3. The number of fused-ring (bicyclic) bond motifs is 1. The average molecular weight is 359 g/mol. The number of rotatable bonds is 3. The first-order valence-electron chi connectivity index (χ1n) is 8.64. The van der Waals surface area contributed by atoms with Gasteiger partial charge in [-0.15, -0.1) is 0 Å². The molecule has 1 saturated heterocycles. The SMILES string of the molecule is CCc1ccc2cc(-c3ccccc3)c(C=C3C(=O)NC(=O)NC3=O)n2c1. The number of pyridine rings is 1. The second-order valence-electron chi connectivity index (χ2n) is 6.29. The second kappa shape index (κ2) is 6.57. The first-order chi connectivity index (χ1) is 13.1. The molecule has 0 atom stereocenters. The highest BCUT2D eigenvalue weighted by Crippen LogP contribution is 2.30. The van der Waals surface area contributed by atoms with E-state index in [0.717, 1.165) is 28.6 Å². The number of barbiturate groups is 1. The van der Waals surface area contributed by atoms with Gasteiger partial charge in [0, 0.05) is 17.3 Å². The summed E-state index contributed by atoms with van der Waals surface area (Å²) in [6, 6.07) is 15.0. The molecule has 0 bridgehead atoms. The summed E-state index contributed by atoms with van der Waals surface area (Å²) in [6.45, 7) is 2.06. The minimum absolute atomic E-state index is 0.103. The topological polar surface area (TPSA) is 79.7 Å². The lowest BCUT2D eigenvalue weighted by Crippen LogP contribution is -2.51. The Bertz CT molecular complexity index is 1090. The molecular formula is C21H17N3O3. The van der Waals surface area contributed by atoms with Gasteiger partial charge in [0.25, 0.3) is 11.8 Å². The van der Waals surface area contributed by atoms with E-state index in [1.54, 1.807) is 0 Å². The predicted molar refractivity (Wildman–Crippen MR) is 102 cm³/mol. The zero-order valence-electron chi connectivity index (χ0n) is 14.7. The van der Waals surface area contributed by atoms with E-state index in [0.29, 0.717) is 5.69 Å². The summed E-state index contributed by atoms with van der Waals surface area (Å²) in [4.78, 5) is 35.7. The van der Waals surface area contributed by atoms with Gasteiger partial charge in [-0.25, -0.2) is 4.79 Å². The maximum atomic E-state index is 12.2. The molecule has 3 aromatic rings. The van der Waals surface area contributed by atoms with Crippen LogP contribution in [0.4, 0.5) is 4.79 Å². The van der Waals surface area contributed by atoms with E-state index in [-0.39, 0.29) is 5.57 Å². The number of amides is 4. The van der Waals surface area contributed by atoms with Gasteiger partial charge in [-0.2, -0.15) is 0 Å². The number of nitrogens with one attached hydrogen (secondary N) is 2. The molecule has 4 rings (SSSR count). The lowest BCUT2D eigenvalue weighted by molar-refractivity contribution is -0.123. The third kappa shape index (κ3) is 3.01. The third-order valence-corrected chi connectivity index (χ3v) is 4.59. The van der Waals surface area contributed by atoms with E-state index < -0.39 is 17.8 Å². The fraction of sp³-hybridized carbons (Fsp3) is 0.0952. The van der Waals surface area contributed by atoms with Crippen LogP contribution >= 0.6 is 0 Å². The standard InChI is InChI=1S/C21H17N3O3/c1-2-13-8-9-15-10-16(14-6-4-3-5-7-14)18(24(15)12-13)11-17-19(25)22-21(27)23-20(17)26/h3-12H,2H2,1H3,(H2,22,23,25,26,27). The summed E-state index contributed by atoms with van der Waals surface area (Å²) in [6.07, 6.45) is 4.39. The minimum atomic E-state index is -0.807. The van der Waals surface area contributed by atoms with Crippen molar-refractivity contribution >= 4 is 29.4 Å². The molecule has 2 aromatic heterocycles. The first-order valence-corrected chi connectivity index (χ1v) is 8.64. The molecule has 4 amide bonds. The van der Waals surface area contributed by atoms with Gasteiger partial charge in [-0.05, 0) is 35.8 Å². The highest BCUT2D eigenvalue weighted by atomic mass is 16.2. The van der Waals surface area contributed by atoms with Gasteiger partial charge in [-0.3, -0.25) is 20.2 Å². The van der Waals surface area contributed by atoms with E-state index in [1.165, 1.54) is 6.08 Å². The second-order valence-corrected chi connectivity index (χ2v) is 6.29. The molecule has 1 aliphatic heterocycles. The number of urea groups is 1. The van der Waals surface area contributed by atoms with Crippen molar-refractivity contribution in [2.24, 2.45) is 0 Å². The van der Waals surface area contributed by atoms with Crippen LogP contribution in [0.5, 0.6) is 0 Å². The van der Waals surface area contributed by atoms with Crippen LogP contribution in [0.25, 0.3) is 22.7 Å². The molecule has 6 heteroatoms. The molecule has 1 aromatic carbocycles. The summed E-state index contributed by atoms with van der Waals surface area (Å²) in [5.41, 5.74) is 4.55. The quantitative estimate of drug-likeness (QED) is 0.557. The zero-order chi connectivity index (χ0) is 19.0. The van der Waals surface area contributed by atoms with Gasteiger partial charge in [0.05, 0.1) is 5.69 Å². The molecule has 1 fully saturated rings. The van der Waals surface area contributed by atoms with Gasteiger partial charge in [-0.1, -0.05) is 43.3 Å². The Kier molecular flexibility index (Phi) is 4.08. The van der Waals surface area contributed by atoms with Gasteiger partial charge in [0.15, 0.2) is 0 Å². The molecule has 1 aliphatic rings. The Morgan fingerprint density at radius 3 is 2.33 bits per heavy atom. The fourth-order valence-corrected chi connectivity index (χ4v) is 3.18. The molecular weight excluding hydrogens is 342 g/mol. The number of carbonyl (C=O) groups is 3. The van der Waals surface area contributed by atoms with Crippen LogP contribution in [0.3, 0.4) is 0 Å². The number of hydrogen-bond acceptors (Lipinski definition) is 3. The number of imide groups is 2. The molecule has 3 heterocycles. The van der Waals surface area contributed by atoms with Crippen molar-refractivity contribution in [1.82, 2.24) is 15.0 Å². The van der Waals surface area contributed by atoms with Crippen molar-refractivity contribution in [2.75, 3.05) is 0 Å². The van der Waals surface area contributed by atoms with E-state index in [4.69, 9.17) is 0 Å². The molecule has 0 radical (unpaired) electrons. The van der Waals surface area contributed by atoms with E-state index in [1.807, 2.05) is 53.1 Å². The van der Waals surface area contributed by atoms with Crippen LogP contribution in [0.2, 0.25) is 0 Å². The number of benzene rings is 1. The van der Waals surface area contributed by atoms with Crippen LogP contribution in [-0.4, -0.2) is 22.2 Å². The smallest absolute Gasteiger partial charge is 0.316 e. The van der Waals surface area contributed by atoms with Gasteiger partial charge in [0.2, 0.25) is 0 Å². The normalized spacial score (nSPS) is 14.3. The molecule has 0 spiro atoms. The maximum absolute atomic E-state index is 12.2. The lowest BCUT2D eigenvalue weighted by atomic mass is 10.0. The Morgan fingerprint density at radius 2 is 1.67 bits per heavy atom. The average Bonchev–Trinajstić information content (AvgIpc) is 3.02. The number of nitrogens with zero attached hydrogens (tertiary/aromatic N) is 1. The van der Waals surface area contributed by atoms with E-state index >= 15 is 0 Å². The van der Waals surface area contributed by atoms with Crippen molar-refractivity contribution in [3.63, 3.8) is 0 Å². The van der Waals surface area contributed by atoms with E-state index in [2.05, 4.69) is 23.6 Å². The monoisotopic (exact) mass is 359 g/mol. The highest BCUT2D eigenvalue weighted by molar-refractivity contribution is 6.31. The molecule has 134 valence electrons. The van der Waals surface area contributed by atoms with Crippen molar-refractivity contribution in [1.29, 1.82) is 0 Å². The zero-order valence-corrected chi connectivity index (χ0v) is 14.7. The van der Waals surface area contributed by atoms with Crippen LogP contribution < -0.4 is 10.6 Å². The molecule has 0 unspecified atom stereocenters. The molecule has 2 N–H and O–H groups in total. The van der Waals surface area contributed by atoms with Crippen LogP contribution in [0.1, 0.15) is 18.2 Å². The van der Waals surface area contributed by atoms with Gasteiger partial charge < -0.3 is 4.40 Å². The maximum Gasteiger partial charge on any atom is 0.328 e. The summed E-state index contributed by atoms with van der Waals surface area (Å²) in [5, 5.41) is 4.23. The van der Waals surface area contributed by atoms with Crippen molar-refractivity contribution < 1.29 is 14.4 Å². The molecule has 6 nitrogen and oxygen atoms in total. The summed E-state index contributed by atoms with van der Waals surface area (Å²) >= 11 is 0. The van der Waals surface area contributed by atoms with Gasteiger partial charge >= 0.3 is 6.03 Å².